The van der Waals surface area contributed by atoms with E-state index < -0.39 is 29.3 Å². The van der Waals surface area contributed by atoms with Gasteiger partial charge in [0.1, 0.15) is 17.3 Å². The number of amides is 1. The number of likely N-dealkylation sites (tertiary alicyclic amines) is 1. The van der Waals surface area contributed by atoms with Crippen LogP contribution in [0, 0.1) is 19.7 Å². The fourth-order valence-electron chi connectivity index (χ4n) is 4.34. The Morgan fingerprint density at radius 2 is 1.76 bits per heavy atom. The van der Waals surface area contributed by atoms with E-state index in [0.29, 0.717) is 32.8 Å². The molecule has 1 amide bonds. The Morgan fingerprint density at radius 3 is 2.45 bits per heavy atom. The Kier molecular flexibility index (Phi) is 6.49. The molecule has 7 nitrogen and oxygen atoms in total. The van der Waals surface area contributed by atoms with Crippen molar-refractivity contribution >= 4 is 17.4 Å². The minimum absolute atomic E-state index is 0.0330. The van der Waals surface area contributed by atoms with Gasteiger partial charge >= 0.3 is 0 Å². The molecule has 2 aromatic carbocycles. The van der Waals surface area contributed by atoms with Gasteiger partial charge in [0.15, 0.2) is 0 Å². The molecule has 174 valence electrons. The van der Waals surface area contributed by atoms with Gasteiger partial charge in [-0.25, -0.2) is 4.39 Å². The van der Waals surface area contributed by atoms with Gasteiger partial charge in [-0.05, 0) is 43.2 Å². The second kappa shape index (κ2) is 9.33. The highest BCUT2D eigenvalue weighted by Gasteiger charge is 2.47. The number of phenols is 1. The zero-order chi connectivity index (χ0) is 23.7. The summed E-state index contributed by atoms with van der Waals surface area (Å²) >= 11 is 0. The van der Waals surface area contributed by atoms with Crippen molar-refractivity contribution in [3.63, 3.8) is 0 Å². The highest BCUT2D eigenvalue weighted by Crippen LogP contribution is 2.41. The van der Waals surface area contributed by atoms with Gasteiger partial charge in [0.2, 0.25) is 0 Å². The predicted molar refractivity (Wildman–Crippen MR) is 120 cm³/mol. The number of hydrogen-bond donors (Lipinski definition) is 2. The number of halogens is 1. The number of hydrogen-bond acceptors (Lipinski definition) is 6. The molecular weight excluding hydrogens is 427 g/mol. The molecule has 33 heavy (non-hydrogen) atoms. The maximum absolute atomic E-state index is 14.9. The molecule has 2 N–H and O–H groups in total. The van der Waals surface area contributed by atoms with Gasteiger partial charge in [-0.1, -0.05) is 18.2 Å². The molecule has 0 radical (unpaired) electrons. The van der Waals surface area contributed by atoms with Crippen LogP contribution in [0.2, 0.25) is 0 Å². The van der Waals surface area contributed by atoms with Crippen LogP contribution in [-0.2, 0) is 14.3 Å². The number of phenolic OH excluding ortho intramolecular Hbond substituents is 1. The standard InChI is InChI=1S/C25H27FN2O5/c1-15-13-18(20(29)14-16(15)2)23(30)21-22(17-5-3-4-6-19(17)26)28(25(32)24(21)31)8-7-27-9-11-33-12-10-27/h3-6,13-14,22,29-30H,7-12H2,1-2H3. The largest absolute Gasteiger partial charge is 0.507 e. The van der Waals surface area contributed by atoms with Crippen molar-refractivity contribution < 1.29 is 28.9 Å². The number of rotatable bonds is 5. The summed E-state index contributed by atoms with van der Waals surface area (Å²) in [7, 11) is 0. The number of aliphatic hydroxyl groups excluding tert-OH is 1. The van der Waals surface area contributed by atoms with Crippen LogP contribution < -0.4 is 0 Å². The van der Waals surface area contributed by atoms with Crippen LogP contribution in [0.5, 0.6) is 5.75 Å². The van der Waals surface area contributed by atoms with E-state index in [4.69, 9.17) is 4.74 Å². The van der Waals surface area contributed by atoms with Gasteiger partial charge in [-0.3, -0.25) is 14.5 Å². The fraction of sp³-hybridized carbons (Fsp3) is 0.360. The third-order valence-corrected chi connectivity index (χ3v) is 6.37. The van der Waals surface area contributed by atoms with Crippen LogP contribution >= 0.6 is 0 Å². The molecule has 0 spiro atoms. The predicted octanol–water partition coefficient (Wildman–Crippen LogP) is 2.90. The third-order valence-electron chi connectivity index (χ3n) is 6.37. The molecule has 0 bridgehead atoms. The highest BCUT2D eigenvalue weighted by molar-refractivity contribution is 6.46. The summed E-state index contributed by atoms with van der Waals surface area (Å²) in [5.41, 5.74) is 1.51. The topological polar surface area (TPSA) is 90.3 Å². The highest BCUT2D eigenvalue weighted by atomic mass is 19.1. The number of aryl methyl sites for hydroxylation is 2. The zero-order valence-electron chi connectivity index (χ0n) is 18.7. The summed E-state index contributed by atoms with van der Waals surface area (Å²) in [6, 6.07) is 7.83. The first-order valence-corrected chi connectivity index (χ1v) is 10.9. The molecule has 0 aliphatic carbocycles. The van der Waals surface area contributed by atoms with Crippen molar-refractivity contribution in [2.45, 2.75) is 19.9 Å². The second-order valence-corrected chi connectivity index (χ2v) is 8.42. The number of nitrogens with zero attached hydrogens (tertiary/aromatic N) is 2. The van der Waals surface area contributed by atoms with Crippen molar-refractivity contribution in [3.8, 4) is 5.75 Å². The quantitative estimate of drug-likeness (QED) is 0.410. The lowest BCUT2D eigenvalue weighted by molar-refractivity contribution is -0.140. The van der Waals surface area contributed by atoms with E-state index in [0.717, 1.165) is 11.1 Å². The number of Topliss-reactive ketones (excluding diaryl/α,β-unsaturated/α-hetero) is 1. The number of aliphatic hydroxyl groups is 1. The molecule has 8 heteroatoms. The van der Waals surface area contributed by atoms with Gasteiger partial charge in [0.25, 0.3) is 11.7 Å². The lowest BCUT2D eigenvalue weighted by Crippen LogP contribution is -2.42. The van der Waals surface area contributed by atoms with Crippen molar-refractivity contribution in [1.82, 2.24) is 9.80 Å². The molecule has 2 aliphatic rings. The van der Waals surface area contributed by atoms with Gasteiger partial charge in [-0.2, -0.15) is 0 Å². The maximum atomic E-state index is 14.9. The van der Waals surface area contributed by atoms with Crippen LogP contribution in [0.4, 0.5) is 4.39 Å². The SMILES string of the molecule is Cc1cc(O)c(C(O)=C2C(=O)C(=O)N(CCN3CCOCC3)C2c2ccccc2F)cc1C. The van der Waals surface area contributed by atoms with Crippen molar-refractivity contribution in [1.29, 1.82) is 0 Å². The van der Waals surface area contributed by atoms with Gasteiger partial charge in [0, 0.05) is 31.7 Å². The summed E-state index contributed by atoms with van der Waals surface area (Å²) < 4.78 is 20.2. The molecule has 1 unspecified atom stereocenters. The monoisotopic (exact) mass is 454 g/mol. The molecule has 4 rings (SSSR count). The van der Waals surface area contributed by atoms with Gasteiger partial charge in [-0.15, -0.1) is 0 Å². The molecular formula is C25H27FN2O5. The number of ketones is 1. The molecule has 1 atom stereocenters. The van der Waals surface area contributed by atoms with E-state index in [1.807, 2.05) is 6.92 Å². The molecule has 0 aromatic heterocycles. The second-order valence-electron chi connectivity index (χ2n) is 8.42. The normalized spacial score (nSPS) is 21.1. The van der Waals surface area contributed by atoms with Crippen molar-refractivity contribution in [3.05, 3.63) is 70.0 Å². The third kappa shape index (κ3) is 4.36. The summed E-state index contributed by atoms with van der Waals surface area (Å²) in [5.74, 6) is -3.03. The van der Waals surface area contributed by atoms with E-state index in [2.05, 4.69) is 4.90 Å². The van der Waals surface area contributed by atoms with E-state index >= 15 is 0 Å². The Hall–Kier alpha value is -3.23. The minimum Gasteiger partial charge on any atom is -0.507 e. The van der Waals surface area contributed by atoms with Crippen LogP contribution in [0.1, 0.15) is 28.3 Å². The number of aromatic hydroxyl groups is 1. The molecule has 0 saturated carbocycles. The fourth-order valence-corrected chi connectivity index (χ4v) is 4.34. The van der Waals surface area contributed by atoms with Crippen LogP contribution in [0.15, 0.2) is 42.0 Å². The first kappa shape index (κ1) is 22.9. The summed E-state index contributed by atoms with van der Waals surface area (Å²) in [5, 5.41) is 21.6. The number of carbonyl (C=O) groups excluding carboxylic acids is 2. The first-order valence-electron chi connectivity index (χ1n) is 10.9. The smallest absolute Gasteiger partial charge is 0.295 e. The Morgan fingerprint density at radius 1 is 1.09 bits per heavy atom. The number of ether oxygens (including phenoxy) is 1. The van der Waals surface area contributed by atoms with Crippen LogP contribution in [-0.4, -0.2) is 71.1 Å². The van der Waals surface area contributed by atoms with Crippen LogP contribution in [0.25, 0.3) is 5.76 Å². The van der Waals surface area contributed by atoms with E-state index in [-0.39, 0.29) is 29.0 Å². The molecule has 2 aliphatic heterocycles. The van der Waals surface area contributed by atoms with Crippen molar-refractivity contribution in [2.75, 3.05) is 39.4 Å². The Bertz CT molecular complexity index is 1120. The summed E-state index contributed by atoms with van der Waals surface area (Å²) in [6.45, 7) is 6.85. The molecule has 2 heterocycles. The molecule has 2 saturated heterocycles. The van der Waals surface area contributed by atoms with Gasteiger partial charge in [0.05, 0.1) is 30.4 Å². The lowest BCUT2D eigenvalue weighted by Gasteiger charge is -2.31. The van der Waals surface area contributed by atoms with Crippen molar-refractivity contribution in [2.24, 2.45) is 0 Å². The Balaban J connectivity index is 1.80. The molecule has 2 fully saturated rings. The molecule has 2 aromatic rings. The summed E-state index contributed by atoms with van der Waals surface area (Å²) in [4.78, 5) is 29.5. The summed E-state index contributed by atoms with van der Waals surface area (Å²) in [6.07, 6.45) is 0. The number of morpholine rings is 1. The van der Waals surface area contributed by atoms with Gasteiger partial charge < -0.3 is 19.8 Å². The van der Waals surface area contributed by atoms with Crippen LogP contribution in [0.3, 0.4) is 0 Å². The average molecular weight is 454 g/mol. The lowest BCUT2D eigenvalue weighted by atomic mass is 9.93. The number of benzene rings is 2. The van der Waals surface area contributed by atoms with E-state index in [1.54, 1.807) is 19.1 Å². The Labute approximate surface area is 191 Å². The van der Waals surface area contributed by atoms with E-state index in [9.17, 15) is 24.2 Å². The zero-order valence-corrected chi connectivity index (χ0v) is 18.7. The average Bonchev–Trinajstić information content (AvgIpc) is 3.05. The first-order chi connectivity index (χ1) is 15.8. The number of carbonyl (C=O) groups is 2. The minimum atomic E-state index is -1.10. The van der Waals surface area contributed by atoms with E-state index in [1.165, 1.54) is 29.2 Å². The maximum Gasteiger partial charge on any atom is 0.295 e.